The molecule has 1 heterocycles. The van der Waals surface area contributed by atoms with E-state index >= 15 is 0 Å². The molecule has 4 nitrogen and oxygen atoms in total. The molecular formula is C18H18F2N2O2. The van der Waals surface area contributed by atoms with Crippen LogP contribution in [0.1, 0.15) is 23.3 Å². The maximum atomic E-state index is 13.4. The van der Waals surface area contributed by atoms with Gasteiger partial charge in [-0.25, -0.2) is 8.78 Å². The van der Waals surface area contributed by atoms with Gasteiger partial charge < -0.3 is 15.4 Å². The van der Waals surface area contributed by atoms with Gasteiger partial charge in [0, 0.05) is 6.54 Å². The van der Waals surface area contributed by atoms with Crippen LogP contribution in [0.2, 0.25) is 0 Å². The Morgan fingerprint density at radius 2 is 1.92 bits per heavy atom. The maximum Gasteiger partial charge on any atom is 0.244 e. The third-order valence-electron chi connectivity index (χ3n) is 4.12. The summed E-state index contributed by atoms with van der Waals surface area (Å²) in [6.45, 7) is 0.987. The average molecular weight is 332 g/mol. The fraction of sp³-hybridized carbons (Fsp3) is 0.278. The van der Waals surface area contributed by atoms with Crippen molar-refractivity contribution in [1.82, 2.24) is 4.90 Å². The molecule has 0 bridgehead atoms. The molecule has 0 saturated carbocycles. The Morgan fingerprint density at radius 3 is 2.62 bits per heavy atom. The van der Waals surface area contributed by atoms with E-state index in [1.165, 1.54) is 6.07 Å². The van der Waals surface area contributed by atoms with Gasteiger partial charge in [-0.3, -0.25) is 4.79 Å². The van der Waals surface area contributed by atoms with Crippen LogP contribution in [-0.2, 0) is 9.53 Å². The normalized spacial score (nSPS) is 19.1. The summed E-state index contributed by atoms with van der Waals surface area (Å²) < 4.78 is 32.1. The Labute approximate surface area is 138 Å². The number of halogens is 2. The first-order valence-electron chi connectivity index (χ1n) is 7.72. The van der Waals surface area contributed by atoms with E-state index in [4.69, 9.17) is 10.5 Å². The minimum absolute atomic E-state index is 0.211. The van der Waals surface area contributed by atoms with Crippen LogP contribution in [0.15, 0.2) is 48.5 Å². The van der Waals surface area contributed by atoms with Gasteiger partial charge in [0.15, 0.2) is 11.6 Å². The zero-order chi connectivity index (χ0) is 17.1. The number of carbonyl (C=O) groups excluding carboxylic acids is 1. The van der Waals surface area contributed by atoms with Crippen molar-refractivity contribution in [2.24, 2.45) is 5.73 Å². The number of hydrogen-bond donors (Lipinski definition) is 1. The van der Waals surface area contributed by atoms with Crippen LogP contribution in [0.4, 0.5) is 8.78 Å². The average Bonchev–Trinajstić information content (AvgIpc) is 2.63. The minimum Gasteiger partial charge on any atom is -0.370 e. The lowest BCUT2D eigenvalue weighted by molar-refractivity contribution is -0.140. The molecule has 3 rings (SSSR count). The standard InChI is InChI=1S/C18H18F2N2O2/c19-14-7-6-13(10-15(14)20)16-11-22(8-9-24-16)18(23)17(21)12-4-2-1-3-5-12/h1-7,10,16-17H,8-9,11,21H2. The number of rotatable bonds is 3. The van der Waals surface area contributed by atoms with Crippen LogP contribution in [0, 0.1) is 11.6 Å². The van der Waals surface area contributed by atoms with Gasteiger partial charge in [0.1, 0.15) is 12.1 Å². The maximum absolute atomic E-state index is 13.4. The highest BCUT2D eigenvalue weighted by Crippen LogP contribution is 2.25. The molecule has 2 atom stereocenters. The number of nitrogens with two attached hydrogens (primary N) is 1. The summed E-state index contributed by atoms with van der Waals surface area (Å²) in [5.41, 5.74) is 7.29. The smallest absolute Gasteiger partial charge is 0.244 e. The molecular weight excluding hydrogens is 314 g/mol. The SMILES string of the molecule is NC(C(=O)N1CCOC(c2ccc(F)c(F)c2)C1)c1ccccc1. The summed E-state index contributed by atoms with van der Waals surface area (Å²) in [4.78, 5) is 14.2. The summed E-state index contributed by atoms with van der Waals surface area (Å²) in [5.74, 6) is -2.05. The van der Waals surface area contributed by atoms with E-state index in [0.717, 1.165) is 17.7 Å². The third kappa shape index (κ3) is 3.44. The number of benzene rings is 2. The van der Waals surface area contributed by atoms with Gasteiger partial charge in [0.2, 0.25) is 5.91 Å². The van der Waals surface area contributed by atoms with Crippen LogP contribution < -0.4 is 5.73 Å². The van der Waals surface area contributed by atoms with E-state index in [9.17, 15) is 13.6 Å². The van der Waals surface area contributed by atoms with Crippen LogP contribution in [-0.4, -0.2) is 30.5 Å². The molecule has 0 radical (unpaired) electrons. The molecule has 1 aliphatic rings. The molecule has 0 aromatic heterocycles. The second kappa shape index (κ2) is 7.07. The monoisotopic (exact) mass is 332 g/mol. The molecule has 2 unspecified atom stereocenters. The first-order chi connectivity index (χ1) is 11.6. The molecule has 0 aliphatic carbocycles. The predicted molar refractivity (Wildman–Crippen MR) is 85.0 cm³/mol. The number of hydrogen-bond acceptors (Lipinski definition) is 3. The lowest BCUT2D eigenvalue weighted by Crippen LogP contribution is -2.46. The molecule has 2 aromatic rings. The highest BCUT2D eigenvalue weighted by molar-refractivity contribution is 5.83. The van der Waals surface area contributed by atoms with Crippen molar-refractivity contribution >= 4 is 5.91 Å². The number of nitrogens with zero attached hydrogens (tertiary/aromatic N) is 1. The topological polar surface area (TPSA) is 55.6 Å². The second-order valence-electron chi connectivity index (χ2n) is 5.71. The fourth-order valence-electron chi connectivity index (χ4n) is 2.76. The van der Waals surface area contributed by atoms with Gasteiger partial charge in [0.25, 0.3) is 0 Å². The van der Waals surface area contributed by atoms with Crippen molar-refractivity contribution < 1.29 is 18.3 Å². The van der Waals surface area contributed by atoms with Crippen molar-refractivity contribution in [3.63, 3.8) is 0 Å². The number of morpholine rings is 1. The van der Waals surface area contributed by atoms with Gasteiger partial charge in [0.05, 0.1) is 13.2 Å². The van der Waals surface area contributed by atoms with Crippen molar-refractivity contribution in [3.8, 4) is 0 Å². The first-order valence-corrected chi connectivity index (χ1v) is 7.72. The second-order valence-corrected chi connectivity index (χ2v) is 5.71. The van der Waals surface area contributed by atoms with E-state index in [-0.39, 0.29) is 12.5 Å². The number of ether oxygens (including phenoxy) is 1. The minimum atomic E-state index is -0.930. The summed E-state index contributed by atoms with van der Waals surface area (Å²) in [6, 6.07) is 12.0. The van der Waals surface area contributed by atoms with Crippen molar-refractivity contribution in [3.05, 3.63) is 71.3 Å². The molecule has 1 fully saturated rings. The summed E-state index contributed by atoms with van der Waals surface area (Å²) in [6.07, 6.45) is -0.499. The number of carbonyl (C=O) groups is 1. The lowest BCUT2D eigenvalue weighted by Gasteiger charge is -2.34. The van der Waals surface area contributed by atoms with Gasteiger partial charge in [-0.2, -0.15) is 0 Å². The molecule has 2 N–H and O–H groups in total. The third-order valence-corrected chi connectivity index (χ3v) is 4.12. The van der Waals surface area contributed by atoms with Gasteiger partial charge >= 0.3 is 0 Å². The van der Waals surface area contributed by atoms with Crippen LogP contribution in [0.3, 0.4) is 0 Å². The molecule has 1 aliphatic heterocycles. The Bertz CT molecular complexity index is 724. The van der Waals surface area contributed by atoms with E-state index in [1.807, 2.05) is 18.2 Å². The fourth-order valence-corrected chi connectivity index (χ4v) is 2.76. The quantitative estimate of drug-likeness (QED) is 0.940. The largest absolute Gasteiger partial charge is 0.370 e. The van der Waals surface area contributed by atoms with E-state index in [0.29, 0.717) is 18.7 Å². The highest BCUT2D eigenvalue weighted by atomic mass is 19.2. The molecule has 126 valence electrons. The van der Waals surface area contributed by atoms with E-state index in [1.54, 1.807) is 17.0 Å². The van der Waals surface area contributed by atoms with Crippen molar-refractivity contribution in [2.45, 2.75) is 12.1 Å². The zero-order valence-electron chi connectivity index (χ0n) is 13.0. The van der Waals surface area contributed by atoms with Crippen LogP contribution >= 0.6 is 0 Å². The Balaban J connectivity index is 1.73. The van der Waals surface area contributed by atoms with Crippen LogP contribution in [0.5, 0.6) is 0 Å². The van der Waals surface area contributed by atoms with Crippen LogP contribution in [0.25, 0.3) is 0 Å². The Hall–Kier alpha value is -2.31. The van der Waals surface area contributed by atoms with Gasteiger partial charge in [-0.15, -0.1) is 0 Å². The van der Waals surface area contributed by atoms with Crippen molar-refractivity contribution in [1.29, 1.82) is 0 Å². The number of amides is 1. The highest BCUT2D eigenvalue weighted by Gasteiger charge is 2.29. The molecule has 1 saturated heterocycles. The molecule has 0 spiro atoms. The first kappa shape index (κ1) is 16.5. The van der Waals surface area contributed by atoms with E-state index in [2.05, 4.69) is 0 Å². The molecule has 24 heavy (non-hydrogen) atoms. The lowest BCUT2D eigenvalue weighted by atomic mass is 10.0. The Morgan fingerprint density at radius 1 is 1.17 bits per heavy atom. The van der Waals surface area contributed by atoms with E-state index < -0.39 is 23.8 Å². The zero-order valence-corrected chi connectivity index (χ0v) is 13.0. The molecule has 6 heteroatoms. The molecule has 1 amide bonds. The summed E-state index contributed by atoms with van der Waals surface area (Å²) >= 11 is 0. The van der Waals surface area contributed by atoms with Crippen molar-refractivity contribution in [2.75, 3.05) is 19.7 Å². The van der Waals surface area contributed by atoms with Gasteiger partial charge in [-0.05, 0) is 23.3 Å². The predicted octanol–water partition coefficient (Wildman–Crippen LogP) is 2.56. The molecule has 2 aromatic carbocycles. The Kier molecular flexibility index (Phi) is 4.87. The summed E-state index contributed by atoms with van der Waals surface area (Å²) in [7, 11) is 0. The summed E-state index contributed by atoms with van der Waals surface area (Å²) in [5, 5.41) is 0. The van der Waals surface area contributed by atoms with Gasteiger partial charge in [-0.1, -0.05) is 36.4 Å².